The van der Waals surface area contributed by atoms with Crippen molar-refractivity contribution in [3.05, 3.63) is 90.1 Å². The lowest BCUT2D eigenvalue weighted by molar-refractivity contribution is -0.137. The van der Waals surface area contributed by atoms with Gasteiger partial charge in [0.1, 0.15) is 5.75 Å². The molecule has 11 heteroatoms. The molecule has 0 aliphatic rings. The lowest BCUT2D eigenvalue weighted by Crippen LogP contribution is -2.04. The van der Waals surface area contributed by atoms with E-state index in [9.17, 15) is 23.1 Å². The number of carboxylic acids is 1. The highest BCUT2D eigenvalue weighted by molar-refractivity contribution is 5.89. The fourth-order valence-electron chi connectivity index (χ4n) is 3.11. The maximum atomic E-state index is 12.8. The van der Waals surface area contributed by atoms with Gasteiger partial charge >= 0.3 is 12.1 Å². The van der Waals surface area contributed by atoms with Crippen LogP contribution < -0.4 is 5.32 Å². The Morgan fingerprint density at radius 1 is 0.943 bits per heavy atom. The molecule has 0 aliphatic heterocycles. The number of anilines is 2. The van der Waals surface area contributed by atoms with Gasteiger partial charge in [0.15, 0.2) is 0 Å². The summed E-state index contributed by atoms with van der Waals surface area (Å²) in [6.07, 6.45) is -2.95. The summed E-state index contributed by atoms with van der Waals surface area (Å²) in [5.41, 5.74) is 1.07. The number of aromatic nitrogens is 2. The molecule has 3 aromatic carbocycles. The minimum absolute atomic E-state index is 0.137. The zero-order valence-electron chi connectivity index (χ0n) is 17.7. The van der Waals surface area contributed by atoms with Crippen molar-refractivity contribution in [1.82, 2.24) is 9.97 Å². The second-order valence-corrected chi connectivity index (χ2v) is 7.23. The Hall–Kier alpha value is -4.80. The predicted molar refractivity (Wildman–Crippen MR) is 121 cm³/mol. The molecule has 0 spiro atoms. The molecule has 0 unspecified atom stereocenters. The van der Waals surface area contributed by atoms with E-state index >= 15 is 0 Å². The summed E-state index contributed by atoms with van der Waals surface area (Å²) in [6.45, 7) is 0. The van der Waals surface area contributed by atoms with Crippen molar-refractivity contribution in [2.24, 2.45) is 10.2 Å². The van der Waals surface area contributed by atoms with Gasteiger partial charge in [-0.15, -0.1) is 5.11 Å². The fourth-order valence-corrected chi connectivity index (χ4v) is 3.11. The average Bonchev–Trinajstić information content (AvgIpc) is 2.82. The average molecular weight is 479 g/mol. The molecule has 0 atom stereocenters. The number of carboxylic acid groups (broad SMARTS) is 1. The van der Waals surface area contributed by atoms with Gasteiger partial charge in [-0.25, -0.2) is 14.8 Å². The smallest absolute Gasteiger partial charge is 0.416 e. The van der Waals surface area contributed by atoms with Gasteiger partial charge in [0, 0.05) is 23.5 Å². The van der Waals surface area contributed by atoms with Crippen molar-refractivity contribution >= 4 is 29.0 Å². The summed E-state index contributed by atoms with van der Waals surface area (Å²) in [6, 6.07) is 16.6. The molecule has 0 aliphatic carbocycles. The zero-order chi connectivity index (χ0) is 25.0. The molecule has 1 heterocycles. The SMILES string of the molecule is O=C(O)c1cc(O)cc(N=Nc2ccccc2-c2ccnc(Nc3ccc(C(F)(F)F)cc3)n2)c1. The Labute approximate surface area is 196 Å². The Morgan fingerprint density at radius 2 is 1.69 bits per heavy atom. The van der Waals surface area contributed by atoms with Gasteiger partial charge in [-0.3, -0.25) is 0 Å². The predicted octanol–water partition coefficient (Wildman–Crippen LogP) is 6.73. The van der Waals surface area contributed by atoms with Gasteiger partial charge in [-0.1, -0.05) is 18.2 Å². The molecule has 0 radical (unpaired) electrons. The second kappa shape index (κ2) is 9.59. The minimum Gasteiger partial charge on any atom is -0.508 e. The molecule has 1 aromatic heterocycles. The van der Waals surface area contributed by atoms with Crippen molar-refractivity contribution in [3.8, 4) is 17.0 Å². The molecule has 0 bridgehead atoms. The van der Waals surface area contributed by atoms with E-state index in [1.807, 2.05) is 0 Å². The Kier molecular flexibility index (Phi) is 6.40. The van der Waals surface area contributed by atoms with Crippen LogP contribution in [0.25, 0.3) is 11.3 Å². The third-order valence-corrected chi connectivity index (χ3v) is 4.73. The van der Waals surface area contributed by atoms with Crippen molar-refractivity contribution in [2.75, 3.05) is 5.32 Å². The van der Waals surface area contributed by atoms with Crippen LogP contribution in [0.3, 0.4) is 0 Å². The number of benzene rings is 3. The number of alkyl halides is 3. The van der Waals surface area contributed by atoms with Gasteiger partial charge in [0.25, 0.3) is 0 Å². The first kappa shape index (κ1) is 23.4. The number of nitrogens with zero attached hydrogens (tertiary/aromatic N) is 4. The molecule has 8 nitrogen and oxygen atoms in total. The summed E-state index contributed by atoms with van der Waals surface area (Å²) in [5.74, 6) is -1.32. The number of phenolic OH excluding ortho intramolecular Hbond substituents is 1. The van der Waals surface area contributed by atoms with Crippen molar-refractivity contribution in [3.63, 3.8) is 0 Å². The van der Waals surface area contributed by atoms with E-state index in [0.29, 0.717) is 22.6 Å². The standard InChI is InChI=1S/C24H16F3N5O3/c25-24(26,27)15-5-7-16(8-6-15)29-23-28-10-9-20(30-23)19-3-1-2-4-21(19)32-31-17-11-14(22(34)35)12-18(33)13-17/h1-13,33H,(H,34,35)(H,28,29,30). The molecule has 0 saturated heterocycles. The molecule has 3 N–H and O–H groups in total. The van der Waals surface area contributed by atoms with Crippen LogP contribution in [-0.4, -0.2) is 26.2 Å². The van der Waals surface area contributed by atoms with Crippen molar-refractivity contribution < 1.29 is 28.2 Å². The molecular weight excluding hydrogens is 463 g/mol. The van der Waals surface area contributed by atoms with Crippen LogP contribution in [0.5, 0.6) is 5.75 Å². The lowest BCUT2D eigenvalue weighted by atomic mass is 10.1. The van der Waals surface area contributed by atoms with E-state index in [-0.39, 0.29) is 22.9 Å². The number of carbonyl (C=O) groups is 1. The highest BCUT2D eigenvalue weighted by Gasteiger charge is 2.29. The van der Waals surface area contributed by atoms with Gasteiger partial charge < -0.3 is 15.5 Å². The van der Waals surface area contributed by atoms with Crippen molar-refractivity contribution in [1.29, 1.82) is 0 Å². The monoisotopic (exact) mass is 479 g/mol. The molecule has 35 heavy (non-hydrogen) atoms. The normalized spacial score (nSPS) is 11.5. The molecule has 4 aromatic rings. The summed E-state index contributed by atoms with van der Waals surface area (Å²) in [7, 11) is 0. The Morgan fingerprint density at radius 3 is 2.40 bits per heavy atom. The van der Waals surface area contributed by atoms with Crippen LogP contribution in [0.4, 0.5) is 36.2 Å². The number of aromatic hydroxyl groups is 1. The van der Waals surface area contributed by atoms with E-state index in [2.05, 4.69) is 25.5 Å². The van der Waals surface area contributed by atoms with Gasteiger partial charge in [0.05, 0.1) is 28.2 Å². The third kappa shape index (κ3) is 5.77. The van der Waals surface area contributed by atoms with Gasteiger partial charge in [-0.05, 0) is 48.5 Å². The van der Waals surface area contributed by atoms with Crippen LogP contribution in [0.1, 0.15) is 15.9 Å². The number of azo groups is 1. The molecule has 0 saturated carbocycles. The molecule has 176 valence electrons. The maximum Gasteiger partial charge on any atom is 0.416 e. The van der Waals surface area contributed by atoms with Gasteiger partial charge in [0.2, 0.25) is 5.95 Å². The first-order valence-corrected chi connectivity index (χ1v) is 10.0. The summed E-state index contributed by atoms with van der Waals surface area (Å²) in [5, 5.41) is 29.9. The highest BCUT2D eigenvalue weighted by Crippen LogP contribution is 2.33. The zero-order valence-corrected chi connectivity index (χ0v) is 17.7. The number of phenols is 1. The summed E-state index contributed by atoms with van der Waals surface area (Å²) in [4.78, 5) is 19.7. The number of nitrogens with one attached hydrogen (secondary N) is 1. The van der Waals surface area contributed by atoms with Crippen LogP contribution >= 0.6 is 0 Å². The number of rotatable bonds is 6. The van der Waals surface area contributed by atoms with E-state index in [1.165, 1.54) is 30.5 Å². The lowest BCUT2D eigenvalue weighted by Gasteiger charge is -2.10. The first-order chi connectivity index (χ1) is 16.7. The largest absolute Gasteiger partial charge is 0.508 e. The number of hydrogen-bond donors (Lipinski definition) is 3. The second-order valence-electron chi connectivity index (χ2n) is 7.23. The van der Waals surface area contributed by atoms with Gasteiger partial charge in [-0.2, -0.15) is 18.3 Å². The third-order valence-electron chi connectivity index (χ3n) is 4.73. The number of aromatic carboxylic acids is 1. The number of hydrogen-bond acceptors (Lipinski definition) is 7. The van der Waals surface area contributed by atoms with E-state index < -0.39 is 17.7 Å². The van der Waals surface area contributed by atoms with E-state index in [1.54, 1.807) is 30.3 Å². The van der Waals surface area contributed by atoms with Crippen LogP contribution in [0, 0.1) is 0 Å². The minimum atomic E-state index is -4.43. The topological polar surface area (TPSA) is 120 Å². The molecule has 0 fully saturated rings. The fraction of sp³-hybridized carbons (Fsp3) is 0.0417. The summed E-state index contributed by atoms with van der Waals surface area (Å²) >= 11 is 0. The number of halogens is 3. The van der Waals surface area contributed by atoms with Crippen LogP contribution in [0.15, 0.2) is 89.2 Å². The van der Waals surface area contributed by atoms with Crippen LogP contribution in [0.2, 0.25) is 0 Å². The van der Waals surface area contributed by atoms with E-state index in [0.717, 1.165) is 18.2 Å². The summed E-state index contributed by atoms with van der Waals surface area (Å²) < 4.78 is 38.3. The molecule has 4 rings (SSSR count). The highest BCUT2D eigenvalue weighted by atomic mass is 19.4. The Balaban J connectivity index is 1.60. The molecule has 0 amide bonds. The maximum absolute atomic E-state index is 12.8. The molecular formula is C24H16F3N5O3. The van der Waals surface area contributed by atoms with Crippen molar-refractivity contribution in [2.45, 2.75) is 6.18 Å². The van der Waals surface area contributed by atoms with Crippen LogP contribution in [-0.2, 0) is 6.18 Å². The van der Waals surface area contributed by atoms with E-state index in [4.69, 9.17) is 5.11 Å². The Bertz CT molecular complexity index is 1410. The quantitative estimate of drug-likeness (QED) is 0.264. The first-order valence-electron chi connectivity index (χ1n) is 10.0.